The van der Waals surface area contributed by atoms with Crippen molar-refractivity contribution in [1.29, 1.82) is 0 Å². The number of para-hydroxylation sites is 1. The summed E-state index contributed by atoms with van der Waals surface area (Å²) in [5.41, 5.74) is 1.69. The second kappa shape index (κ2) is 6.02. The molecule has 1 saturated heterocycles. The smallest absolute Gasteiger partial charge is 0.319 e. The number of benzene rings is 2. The van der Waals surface area contributed by atoms with Gasteiger partial charge in [-0.3, -0.25) is 4.79 Å². The van der Waals surface area contributed by atoms with E-state index in [0.29, 0.717) is 18.8 Å². The Hall–Kier alpha value is -2.62. The second-order valence-electron chi connectivity index (χ2n) is 5.56. The molecule has 1 fully saturated rings. The molecule has 0 aliphatic carbocycles. The summed E-state index contributed by atoms with van der Waals surface area (Å²) in [7, 11) is 0. The summed E-state index contributed by atoms with van der Waals surface area (Å²) in [5, 5.41) is 0. The van der Waals surface area contributed by atoms with Gasteiger partial charge < -0.3 is 4.90 Å². The molecule has 0 radical (unpaired) electrons. The second-order valence-corrected chi connectivity index (χ2v) is 5.56. The van der Waals surface area contributed by atoms with Crippen molar-refractivity contribution in [2.45, 2.75) is 13.5 Å². The summed E-state index contributed by atoms with van der Waals surface area (Å²) in [6, 6.07) is 18.7. The highest BCUT2D eigenvalue weighted by atomic mass is 16.2. The van der Waals surface area contributed by atoms with Gasteiger partial charge in [-0.25, -0.2) is 9.69 Å². The van der Waals surface area contributed by atoms with Gasteiger partial charge in [-0.15, -0.1) is 0 Å². The fraction of sp³-hybridized carbons (Fsp3) is 0.222. The lowest BCUT2D eigenvalue weighted by atomic mass is 10.1. The van der Waals surface area contributed by atoms with Gasteiger partial charge in [0.2, 0.25) is 5.91 Å². The van der Waals surface area contributed by atoms with Crippen LogP contribution in [-0.4, -0.2) is 23.4 Å². The molecule has 0 unspecified atom stereocenters. The van der Waals surface area contributed by atoms with E-state index >= 15 is 0 Å². The number of carbonyl (C=O) groups excluding carboxylic acids is 2. The van der Waals surface area contributed by atoms with Crippen LogP contribution in [0.4, 0.5) is 10.5 Å². The lowest BCUT2D eigenvalue weighted by molar-refractivity contribution is -0.122. The third-order valence-electron chi connectivity index (χ3n) is 3.83. The van der Waals surface area contributed by atoms with Crippen LogP contribution in [0, 0.1) is 5.92 Å². The van der Waals surface area contributed by atoms with Crippen LogP contribution in [0.15, 0.2) is 60.7 Å². The van der Waals surface area contributed by atoms with Gasteiger partial charge >= 0.3 is 6.03 Å². The summed E-state index contributed by atoms with van der Waals surface area (Å²) in [6.07, 6.45) is 0. The number of hydrogen-bond acceptors (Lipinski definition) is 2. The largest absolute Gasteiger partial charge is 0.331 e. The highest BCUT2D eigenvalue weighted by molar-refractivity contribution is 6.16. The fourth-order valence-electron chi connectivity index (χ4n) is 2.69. The van der Waals surface area contributed by atoms with E-state index in [0.717, 1.165) is 5.56 Å². The van der Waals surface area contributed by atoms with Crippen LogP contribution >= 0.6 is 0 Å². The molecular weight excluding hydrogens is 276 g/mol. The van der Waals surface area contributed by atoms with E-state index < -0.39 is 0 Å². The Morgan fingerprint density at radius 3 is 2.18 bits per heavy atom. The zero-order valence-electron chi connectivity index (χ0n) is 12.5. The molecule has 4 nitrogen and oxygen atoms in total. The highest BCUT2D eigenvalue weighted by Gasteiger charge is 2.37. The van der Waals surface area contributed by atoms with E-state index in [1.165, 1.54) is 4.90 Å². The van der Waals surface area contributed by atoms with Crippen LogP contribution in [0.1, 0.15) is 12.5 Å². The van der Waals surface area contributed by atoms with Gasteiger partial charge in [0.05, 0.1) is 11.6 Å². The third-order valence-corrected chi connectivity index (χ3v) is 3.83. The van der Waals surface area contributed by atoms with Crippen molar-refractivity contribution < 1.29 is 9.59 Å². The predicted octanol–water partition coefficient (Wildman–Crippen LogP) is 3.29. The maximum Gasteiger partial charge on any atom is 0.331 e. The van der Waals surface area contributed by atoms with Gasteiger partial charge in [-0.1, -0.05) is 55.5 Å². The first-order valence-electron chi connectivity index (χ1n) is 7.38. The molecule has 0 bridgehead atoms. The Labute approximate surface area is 130 Å². The van der Waals surface area contributed by atoms with Gasteiger partial charge in [0.15, 0.2) is 0 Å². The molecule has 1 atom stereocenters. The van der Waals surface area contributed by atoms with Crippen molar-refractivity contribution in [3.05, 3.63) is 66.2 Å². The zero-order valence-corrected chi connectivity index (χ0v) is 12.5. The number of nitrogens with zero attached hydrogens (tertiary/aromatic N) is 2. The summed E-state index contributed by atoms with van der Waals surface area (Å²) < 4.78 is 0. The number of carbonyl (C=O) groups is 2. The summed E-state index contributed by atoms with van der Waals surface area (Å²) in [4.78, 5) is 28.1. The van der Waals surface area contributed by atoms with Gasteiger partial charge in [-0.05, 0) is 17.7 Å². The molecule has 1 aliphatic rings. The first-order chi connectivity index (χ1) is 10.7. The molecule has 2 aromatic carbocycles. The molecule has 4 heteroatoms. The number of rotatable bonds is 3. The lowest BCUT2D eigenvalue weighted by Gasteiger charge is -2.37. The number of amides is 3. The zero-order chi connectivity index (χ0) is 15.5. The van der Waals surface area contributed by atoms with E-state index in [1.54, 1.807) is 17.0 Å². The van der Waals surface area contributed by atoms with Crippen LogP contribution in [-0.2, 0) is 11.3 Å². The Morgan fingerprint density at radius 2 is 1.55 bits per heavy atom. The molecule has 0 N–H and O–H groups in total. The van der Waals surface area contributed by atoms with Crippen molar-refractivity contribution in [3.63, 3.8) is 0 Å². The fourth-order valence-corrected chi connectivity index (χ4v) is 2.69. The van der Waals surface area contributed by atoms with Crippen molar-refractivity contribution >= 4 is 17.6 Å². The normalized spacial score (nSPS) is 18.7. The Morgan fingerprint density at radius 1 is 0.955 bits per heavy atom. The summed E-state index contributed by atoms with van der Waals surface area (Å²) >= 11 is 0. The van der Waals surface area contributed by atoms with Crippen molar-refractivity contribution in [2.75, 3.05) is 11.4 Å². The van der Waals surface area contributed by atoms with Crippen molar-refractivity contribution in [2.24, 2.45) is 5.92 Å². The minimum absolute atomic E-state index is 0.138. The molecule has 1 heterocycles. The Balaban J connectivity index is 1.87. The number of urea groups is 1. The van der Waals surface area contributed by atoms with Gasteiger partial charge in [-0.2, -0.15) is 0 Å². The van der Waals surface area contributed by atoms with E-state index in [2.05, 4.69) is 0 Å². The minimum atomic E-state index is -0.252. The van der Waals surface area contributed by atoms with E-state index in [9.17, 15) is 9.59 Å². The molecule has 3 rings (SSSR count). The topological polar surface area (TPSA) is 40.6 Å². The monoisotopic (exact) mass is 294 g/mol. The van der Waals surface area contributed by atoms with Crippen LogP contribution in [0.25, 0.3) is 0 Å². The first kappa shape index (κ1) is 14.3. The molecule has 22 heavy (non-hydrogen) atoms. The van der Waals surface area contributed by atoms with Crippen LogP contribution < -0.4 is 4.90 Å². The summed E-state index contributed by atoms with van der Waals surface area (Å²) in [6.45, 7) is 2.83. The van der Waals surface area contributed by atoms with Gasteiger partial charge in [0.1, 0.15) is 0 Å². The maximum atomic E-state index is 12.7. The molecule has 0 spiro atoms. The first-order valence-corrected chi connectivity index (χ1v) is 7.38. The average molecular weight is 294 g/mol. The number of anilines is 1. The molecule has 0 saturated carbocycles. The molecule has 112 valence electrons. The van der Waals surface area contributed by atoms with E-state index in [4.69, 9.17) is 0 Å². The lowest BCUT2D eigenvalue weighted by Crippen LogP contribution is -2.56. The quantitative estimate of drug-likeness (QED) is 0.871. The number of imide groups is 1. The molecule has 2 aromatic rings. The standard InChI is InChI=1S/C18H18N2O2/c1-14-12-19(13-15-8-4-2-5-9-15)18(22)20(17(14)21)16-10-6-3-7-11-16/h2-11,14H,12-13H2,1H3/t14-/m1/s1. The Kier molecular flexibility index (Phi) is 3.92. The third kappa shape index (κ3) is 2.72. The SMILES string of the molecule is C[C@@H]1CN(Cc2ccccc2)C(=O)N(c2ccccc2)C1=O. The van der Waals surface area contributed by atoms with Crippen molar-refractivity contribution in [1.82, 2.24) is 4.90 Å². The summed E-state index contributed by atoms with van der Waals surface area (Å²) in [5.74, 6) is -0.345. The number of hydrogen-bond donors (Lipinski definition) is 0. The Bertz CT molecular complexity index is 670. The van der Waals surface area contributed by atoms with Crippen LogP contribution in [0.2, 0.25) is 0 Å². The minimum Gasteiger partial charge on any atom is -0.319 e. The van der Waals surface area contributed by atoms with E-state index in [1.807, 2.05) is 55.5 Å². The average Bonchev–Trinajstić information content (AvgIpc) is 2.55. The van der Waals surface area contributed by atoms with Crippen LogP contribution in [0.5, 0.6) is 0 Å². The van der Waals surface area contributed by atoms with Crippen molar-refractivity contribution in [3.8, 4) is 0 Å². The molecule has 0 aromatic heterocycles. The maximum absolute atomic E-state index is 12.7. The molecular formula is C18H18N2O2. The van der Waals surface area contributed by atoms with E-state index in [-0.39, 0.29) is 17.9 Å². The van der Waals surface area contributed by atoms with Crippen LogP contribution in [0.3, 0.4) is 0 Å². The highest BCUT2D eigenvalue weighted by Crippen LogP contribution is 2.24. The van der Waals surface area contributed by atoms with Gasteiger partial charge in [0, 0.05) is 13.1 Å². The predicted molar refractivity (Wildman–Crippen MR) is 85.3 cm³/mol. The molecule has 1 aliphatic heterocycles. The van der Waals surface area contributed by atoms with Gasteiger partial charge in [0.25, 0.3) is 0 Å². The molecule has 3 amide bonds.